The molecule has 0 atom stereocenters. The van der Waals surface area contributed by atoms with Gasteiger partial charge in [0.2, 0.25) is 5.91 Å². The number of primary amides is 1. The fourth-order valence-electron chi connectivity index (χ4n) is 2.65. The van der Waals surface area contributed by atoms with Gasteiger partial charge in [-0.25, -0.2) is 0 Å². The smallest absolute Gasteiger partial charge is 0.267 e. The highest BCUT2D eigenvalue weighted by atomic mass is 16.2. The van der Waals surface area contributed by atoms with Crippen LogP contribution < -0.4 is 11.1 Å². The Kier molecular flexibility index (Phi) is 5.90. The quantitative estimate of drug-likeness (QED) is 0.478. The number of carbonyl (C=O) groups excluding carboxylic acids is 3. The van der Waals surface area contributed by atoms with E-state index in [2.05, 4.69) is 5.32 Å². The van der Waals surface area contributed by atoms with E-state index in [0.29, 0.717) is 37.2 Å². The van der Waals surface area contributed by atoms with Gasteiger partial charge in [0, 0.05) is 36.5 Å². The number of nitrogens with zero attached hydrogens (tertiary/aromatic N) is 2. The number of benzene rings is 1. The average Bonchev–Trinajstić information content (AvgIpc) is 2.60. The van der Waals surface area contributed by atoms with Crippen molar-refractivity contribution in [1.82, 2.24) is 4.90 Å². The normalized spacial score (nSPS) is 15.4. The van der Waals surface area contributed by atoms with Crippen molar-refractivity contribution in [3.05, 3.63) is 41.6 Å². The third kappa shape index (κ3) is 4.91. The number of carbonyl (C=O) groups is 3. The SMILES string of the molecule is CC(=O)c1cccc(NC(=O)/C(C#N)=C\N2CCC(C(N)=O)CC2)c1. The van der Waals surface area contributed by atoms with Crippen LogP contribution in [0.25, 0.3) is 0 Å². The Morgan fingerprint density at radius 2 is 2.00 bits per heavy atom. The minimum absolute atomic E-state index is 0.0363. The first-order valence-electron chi connectivity index (χ1n) is 7.98. The summed E-state index contributed by atoms with van der Waals surface area (Å²) < 4.78 is 0. The number of hydrogen-bond donors (Lipinski definition) is 2. The van der Waals surface area contributed by atoms with Gasteiger partial charge in [0.15, 0.2) is 5.78 Å². The lowest BCUT2D eigenvalue weighted by molar-refractivity contribution is -0.123. The van der Waals surface area contributed by atoms with E-state index < -0.39 is 5.91 Å². The second-order valence-corrected chi connectivity index (χ2v) is 5.96. The van der Waals surface area contributed by atoms with Crippen molar-refractivity contribution in [2.45, 2.75) is 19.8 Å². The molecular formula is C18H20N4O3. The maximum atomic E-state index is 12.3. The summed E-state index contributed by atoms with van der Waals surface area (Å²) in [6, 6.07) is 8.42. The number of hydrogen-bond acceptors (Lipinski definition) is 5. The van der Waals surface area contributed by atoms with Gasteiger partial charge in [-0.2, -0.15) is 5.26 Å². The molecule has 1 heterocycles. The van der Waals surface area contributed by atoms with E-state index in [0.717, 1.165) is 0 Å². The lowest BCUT2D eigenvalue weighted by Gasteiger charge is -2.29. The molecule has 25 heavy (non-hydrogen) atoms. The molecular weight excluding hydrogens is 320 g/mol. The van der Waals surface area contributed by atoms with Gasteiger partial charge in [-0.1, -0.05) is 12.1 Å². The van der Waals surface area contributed by atoms with Crippen molar-refractivity contribution in [3.8, 4) is 6.07 Å². The van der Waals surface area contributed by atoms with Gasteiger partial charge in [0.1, 0.15) is 11.6 Å². The zero-order chi connectivity index (χ0) is 18.4. The minimum Gasteiger partial charge on any atom is -0.376 e. The Bertz CT molecular complexity index is 756. The van der Waals surface area contributed by atoms with Gasteiger partial charge in [0.25, 0.3) is 5.91 Å². The van der Waals surface area contributed by atoms with Crippen LogP contribution in [0.5, 0.6) is 0 Å². The lowest BCUT2D eigenvalue weighted by Crippen LogP contribution is -2.36. The molecule has 0 aromatic heterocycles. The summed E-state index contributed by atoms with van der Waals surface area (Å²) in [6.07, 6.45) is 2.71. The highest BCUT2D eigenvalue weighted by molar-refractivity contribution is 6.07. The highest BCUT2D eigenvalue weighted by Crippen LogP contribution is 2.18. The third-order valence-corrected chi connectivity index (χ3v) is 4.14. The molecule has 7 nitrogen and oxygen atoms in total. The predicted molar refractivity (Wildman–Crippen MR) is 92.3 cm³/mol. The van der Waals surface area contributed by atoms with Crippen LogP contribution in [0.4, 0.5) is 5.69 Å². The molecule has 7 heteroatoms. The van der Waals surface area contributed by atoms with Crippen molar-refractivity contribution >= 4 is 23.3 Å². The highest BCUT2D eigenvalue weighted by Gasteiger charge is 2.22. The van der Waals surface area contributed by atoms with Crippen LogP contribution in [0.15, 0.2) is 36.0 Å². The number of nitriles is 1. The number of likely N-dealkylation sites (tertiary alicyclic amines) is 1. The summed E-state index contributed by atoms with van der Waals surface area (Å²) in [5, 5.41) is 11.9. The first-order chi connectivity index (χ1) is 11.9. The van der Waals surface area contributed by atoms with Gasteiger partial charge in [-0.15, -0.1) is 0 Å². The fraction of sp³-hybridized carbons (Fsp3) is 0.333. The number of piperidine rings is 1. The number of nitrogens with two attached hydrogens (primary N) is 1. The van der Waals surface area contributed by atoms with Crippen molar-refractivity contribution in [2.75, 3.05) is 18.4 Å². The summed E-state index contributed by atoms with van der Waals surface area (Å²) in [4.78, 5) is 36.7. The van der Waals surface area contributed by atoms with Crippen LogP contribution in [-0.2, 0) is 9.59 Å². The van der Waals surface area contributed by atoms with E-state index in [4.69, 9.17) is 5.73 Å². The molecule has 1 saturated heterocycles. The van der Waals surface area contributed by atoms with Gasteiger partial charge in [-0.3, -0.25) is 14.4 Å². The van der Waals surface area contributed by atoms with Gasteiger partial charge in [-0.05, 0) is 31.9 Å². The number of rotatable bonds is 5. The van der Waals surface area contributed by atoms with Crippen LogP contribution in [0.1, 0.15) is 30.1 Å². The van der Waals surface area contributed by atoms with E-state index in [1.54, 1.807) is 24.3 Å². The summed E-state index contributed by atoms with van der Waals surface area (Å²) in [7, 11) is 0. The Morgan fingerprint density at radius 1 is 1.32 bits per heavy atom. The number of nitrogens with one attached hydrogen (secondary N) is 1. The third-order valence-electron chi connectivity index (χ3n) is 4.14. The summed E-state index contributed by atoms with van der Waals surface area (Å²) in [5.74, 6) is -1.12. The molecule has 1 aromatic carbocycles. The van der Waals surface area contributed by atoms with E-state index in [-0.39, 0.29) is 23.2 Å². The zero-order valence-corrected chi connectivity index (χ0v) is 14.0. The van der Waals surface area contributed by atoms with Gasteiger partial charge >= 0.3 is 0 Å². The Balaban J connectivity index is 2.04. The van der Waals surface area contributed by atoms with Crippen LogP contribution >= 0.6 is 0 Å². The first-order valence-corrected chi connectivity index (χ1v) is 7.98. The van der Waals surface area contributed by atoms with Crippen molar-refractivity contribution in [2.24, 2.45) is 11.7 Å². The minimum atomic E-state index is -0.541. The lowest BCUT2D eigenvalue weighted by atomic mass is 9.96. The molecule has 0 unspecified atom stereocenters. The van der Waals surface area contributed by atoms with Crippen molar-refractivity contribution < 1.29 is 14.4 Å². The van der Waals surface area contributed by atoms with Crippen LogP contribution in [0.3, 0.4) is 0 Å². The standard InChI is InChI=1S/C18H20N4O3/c1-12(23)14-3-2-4-16(9-14)21-18(25)15(10-19)11-22-7-5-13(6-8-22)17(20)24/h2-4,9,11,13H,5-8H2,1H3,(H2,20,24)(H,21,25)/b15-11-. The van der Waals surface area contributed by atoms with Crippen LogP contribution in [-0.4, -0.2) is 35.6 Å². The van der Waals surface area contributed by atoms with E-state index in [1.165, 1.54) is 13.1 Å². The van der Waals surface area contributed by atoms with Crippen LogP contribution in [0.2, 0.25) is 0 Å². The molecule has 0 aliphatic carbocycles. The maximum Gasteiger partial charge on any atom is 0.267 e. The zero-order valence-electron chi connectivity index (χ0n) is 14.0. The monoisotopic (exact) mass is 340 g/mol. The molecule has 3 N–H and O–H groups in total. The first kappa shape index (κ1) is 18.2. The summed E-state index contributed by atoms with van der Waals surface area (Å²) >= 11 is 0. The largest absolute Gasteiger partial charge is 0.376 e. The Morgan fingerprint density at radius 3 is 2.56 bits per heavy atom. The maximum absolute atomic E-state index is 12.3. The van der Waals surface area contributed by atoms with E-state index >= 15 is 0 Å². The summed E-state index contributed by atoms with van der Waals surface area (Å²) in [6.45, 7) is 2.56. The molecule has 1 aromatic rings. The van der Waals surface area contributed by atoms with E-state index in [9.17, 15) is 19.6 Å². The average molecular weight is 340 g/mol. The molecule has 1 aliphatic rings. The Hall–Kier alpha value is -3.14. The topological polar surface area (TPSA) is 116 Å². The Labute approximate surface area is 146 Å². The fourth-order valence-corrected chi connectivity index (χ4v) is 2.65. The van der Waals surface area contributed by atoms with Gasteiger partial charge in [0.05, 0.1) is 0 Å². The predicted octanol–water partition coefficient (Wildman–Crippen LogP) is 1.43. The molecule has 1 fully saturated rings. The van der Waals surface area contributed by atoms with Crippen LogP contribution in [0, 0.1) is 17.2 Å². The molecule has 2 amide bonds. The van der Waals surface area contributed by atoms with Crippen molar-refractivity contribution in [1.29, 1.82) is 5.26 Å². The van der Waals surface area contributed by atoms with Gasteiger partial charge < -0.3 is 16.0 Å². The van der Waals surface area contributed by atoms with E-state index in [1.807, 2.05) is 11.0 Å². The number of anilines is 1. The summed E-state index contributed by atoms with van der Waals surface area (Å²) in [5.41, 5.74) is 6.19. The molecule has 0 radical (unpaired) electrons. The molecule has 0 spiro atoms. The number of ketones is 1. The number of Topliss-reactive ketones (excluding diaryl/α,β-unsaturated/α-hetero) is 1. The molecule has 0 bridgehead atoms. The van der Waals surface area contributed by atoms with Crippen molar-refractivity contribution in [3.63, 3.8) is 0 Å². The second-order valence-electron chi connectivity index (χ2n) is 5.96. The molecule has 0 saturated carbocycles. The number of amides is 2. The molecule has 130 valence electrons. The molecule has 2 rings (SSSR count). The second kappa shape index (κ2) is 8.11. The molecule has 1 aliphatic heterocycles.